The second kappa shape index (κ2) is 19.2. The monoisotopic (exact) mass is 344 g/mol. The molecular formula is C20H44N2O2. The number of hydrogen-bond acceptors (Lipinski definition) is 4. The summed E-state index contributed by atoms with van der Waals surface area (Å²) in [6, 6.07) is 0. The minimum Gasteiger partial charge on any atom is -0.381 e. The van der Waals surface area contributed by atoms with Crippen molar-refractivity contribution in [3.8, 4) is 0 Å². The van der Waals surface area contributed by atoms with Crippen molar-refractivity contribution in [3.63, 3.8) is 0 Å². The van der Waals surface area contributed by atoms with E-state index in [2.05, 4.69) is 38.0 Å². The van der Waals surface area contributed by atoms with Crippen LogP contribution in [0.1, 0.15) is 64.2 Å². The Hall–Kier alpha value is -0.160. The van der Waals surface area contributed by atoms with E-state index in [9.17, 15) is 0 Å². The first-order valence-corrected chi connectivity index (χ1v) is 10.1. The summed E-state index contributed by atoms with van der Waals surface area (Å²) in [4.78, 5) is 4.42. The third-order valence-electron chi connectivity index (χ3n) is 4.12. The molecule has 0 N–H and O–H groups in total. The molecule has 0 aromatic rings. The van der Waals surface area contributed by atoms with E-state index in [-0.39, 0.29) is 0 Å². The highest BCUT2D eigenvalue weighted by molar-refractivity contribution is 4.48. The van der Waals surface area contributed by atoms with E-state index in [1.165, 1.54) is 51.4 Å². The van der Waals surface area contributed by atoms with Crippen LogP contribution in [0, 0.1) is 0 Å². The molecule has 24 heavy (non-hydrogen) atoms. The van der Waals surface area contributed by atoms with Gasteiger partial charge in [0.25, 0.3) is 0 Å². The first-order chi connectivity index (χ1) is 11.6. The molecule has 0 aromatic heterocycles. The molecule has 0 saturated carbocycles. The van der Waals surface area contributed by atoms with Crippen LogP contribution in [0.25, 0.3) is 0 Å². The van der Waals surface area contributed by atoms with E-state index in [1.54, 1.807) is 0 Å². The van der Waals surface area contributed by atoms with Gasteiger partial charge < -0.3 is 19.3 Å². The molecule has 0 amide bonds. The fourth-order valence-electron chi connectivity index (χ4n) is 2.64. The Balaban J connectivity index is 2.98. The van der Waals surface area contributed by atoms with Gasteiger partial charge in [-0.1, -0.05) is 38.5 Å². The molecule has 0 heterocycles. The topological polar surface area (TPSA) is 24.9 Å². The van der Waals surface area contributed by atoms with Crippen LogP contribution in [0.2, 0.25) is 0 Å². The third-order valence-corrected chi connectivity index (χ3v) is 4.12. The first kappa shape index (κ1) is 23.8. The quantitative estimate of drug-likeness (QED) is 0.330. The maximum Gasteiger partial charge on any atom is 0.0478 e. The number of unbranched alkanes of at least 4 members (excludes halogenated alkanes) is 7. The molecule has 0 saturated heterocycles. The van der Waals surface area contributed by atoms with Crippen LogP contribution in [0.4, 0.5) is 0 Å². The molecule has 0 radical (unpaired) electrons. The van der Waals surface area contributed by atoms with Gasteiger partial charge in [0.05, 0.1) is 0 Å². The summed E-state index contributed by atoms with van der Waals surface area (Å²) < 4.78 is 11.3. The van der Waals surface area contributed by atoms with E-state index in [4.69, 9.17) is 9.47 Å². The Labute approximate surface area is 151 Å². The molecule has 0 aliphatic rings. The predicted molar refractivity (Wildman–Crippen MR) is 105 cm³/mol. The van der Waals surface area contributed by atoms with Gasteiger partial charge in [0.2, 0.25) is 0 Å². The second-order valence-corrected chi connectivity index (χ2v) is 7.37. The van der Waals surface area contributed by atoms with Crippen molar-refractivity contribution in [1.82, 2.24) is 9.80 Å². The van der Waals surface area contributed by atoms with Gasteiger partial charge in [0.1, 0.15) is 0 Å². The van der Waals surface area contributed by atoms with Gasteiger partial charge in [-0.3, -0.25) is 0 Å². The number of rotatable bonds is 19. The standard InChI is InChI=1S/C20H44N2O2/c1-21(2)15-13-19-23-17-11-9-7-5-6-8-10-12-18-24-20-14-16-22(3)4/h5-20H2,1-4H3. The minimum atomic E-state index is 0.912. The van der Waals surface area contributed by atoms with Gasteiger partial charge in [0, 0.05) is 26.4 Å². The van der Waals surface area contributed by atoms with Crippen LogP contribution in [-0.4, -0.2) is 77.5 Å². The lowest BCUT2D eigenvalue weighted by Gasteiger charge is -2.09. The van der Waals surface area contributed by atoms with E-state index < -0.39 is 0 Å². The third kappa shape index (κ3) is 21.8. The van der Waals surface area contributed by atoms with Crippen molar-refractivity contribution >= 4 is 0 Å². The van der Waals surface area contributed by atoms with Crippen molar-refractivity contribution in [2.75, 3.05) is 67.7 Å². The molecule has 146 valence electrons. The summed E-state index contributed by atoms with van der Waals surface area (Å²) in [5, 5.41) is 0. The van der Waals surface area contributed by atoms with Crippen molar-refractivity contribution < 1.29 is 9.47 Å². The first-order valence-electron chi connectivity index (χ1n) is 10.1. The summed E-state index contributed by atoms with van der Waals surface area (Å²) >= 11 is 0. The van der Waals surface area contributed by atoms with Gasteiger partial charge >= 0.3 is 0 Å². The lowest BCUT2D eigenvalue weighted by atomic mass is 10.1. The van der Waals surface area contributed by atoms with Crippen LogP contribution in [0.3, 0.4) is 0 Å². The highest BCUT2D eigenvalue weighted by Crippen LogP contribution is 2.09. The van der Waals surface area contributed by atoms with Crippen molar-refractivity contribution in [2.24, 2.45) is 0 Å². The Morgan fingerprint density at radius 1 is 0.417 bits per heavy atom. The van der Waals surface area contributed by atoms with Crippen molar-refractivity contribution in [3.05, 3.63) is 0 Å². The smallest absolute Gasteiger partial charge is 0.0478 e. The fourth-order valence-corrected chi connectivity index (χ4v) is 2.64. The predicted octanol–water partition coefficient (Wildman–Crippen LogP) is 4.04. The van der Waals surface area contributed by atoms with Gasteiger partial charge in [0.15, 0.2) is 0 Å². The van der Waals surface area contributed by atoms with Gasteiger partial charge in [-0.2, -0.15) is 0 Å². The van der Waals surface area contributed by atoms with Crippen LogP contribution >= 0.6 is 0 Å². The Morgan fingerprint density at radius 2 is 0.708 bits per heavy atom. The lowest BCUT2D eigenvalue weighted by molar-refractivity contribution is 0.121. The molecule has 0 bridgehead atoms. The molecular weight excluding hydrogens is 300 g/mol. The van der Waals surface area contributed by atoms with Crippen LogP contribution in [0.15, 0.2) is 0 Å². The van der Waals surface area contributed by atoms with E-state index in [0.717, 1.165) is 52.4 Å². The van der Waals surface area contributed by atoms with Gasteiger partial charge in [-0.05, 0) is 67.0 Å². The Kier molecular flexibility index (Phi) is 19.0. The molecule has 0 atom stereocenters. The van der Waals surface area contributed by atoms with Crippen molar-refractivity contribution in [1.29, 1.82) is 0 Å². The van der Waals surface area contributed by atoms with Gasteiger partial charge in [-0.25, -0.2) is 0 Å². The largest absolute Gasteiger partial charge is 0.381 e. The Bertz CT molecular complexity index is 212. The van der Waals surface area contributed by atoms with Crippen LogP contribution in [-0.2, 0) is 9.47 Å². The molecule has 0 rings (SSSR count). The van der Waals surface area contributed by atoms with E-state index in [0.29, 0.717) is 0 Å². The van der Waals surface area contributed by atoms with Gasteiger partial charge in [-0.15, -0.1) is 0 Å². The summed E-state index contributed by atoms with van der Waals surface area (Å²) in [5.41, 5.74) is 0. The molecule has 0 aromatic carbocycles. The number of hydrogen-bond donors (Lipinski definition) is 0. The zero-order chi connectivity index (χ0) is 17.9. The molecule has 0 unspecified atom stereocenters. The molecule has 4 heteroatoms. The highest BCUT2D eigenvalue weighted by Gasteiger charge is 1.95. The molecule has 0 spiro atoms. The molecule has 0 aliphatic carbocycles. The summed E-state index contributed by atoms with van der Waals surface area (Å²) in [6.45, 7) is 5.96. The zero-order valence-electron chi connectivity index (χ0n) is 17.0. The van der Waals surface area contributed by atoms with Crippen LogP contribution in [0.5, 0.6) is 0 Å². The highest BCUT2D eigenvalue weighted by atomic mass is 16.5. The maximum atomic E-state index is 5.65. The zero-order valence-corrected chi connectivity index (χ0v) is 17.0. The van der Waals surface area contributed by atoms with E-state index in [1.807, 2.05) is 0 Å². The maximum absolute atomic E-state index is 5.65. The fraction of sp³-hybridized carbons (Fsp3) is 1.00. The van der Waals surface area contributed by atoms with Crippen LogP contribution < -0.4 is 0 Å². The molecule has 4 nitrogen and oxygen atoms in total. The summed E-state index contributed by atoms with van der Waals surface area (Å²) in [5.74, 6) is 0. The average molecular weight is 345 g/mol. The SMILES string of the molecule is CN(C)CCCOCCCCCCCCCCOCCCN(C)C. The molecule has 0 aliphatic heterocycles. The minimum absolute atomic E-state index is 0.912. The molecule has 0 fully saturated rings. The number of ether oxygens (including phenoxy) is 2. The lowest BCUT2D eigenvalue weighted by Crippen LogP contribution is -2.15. The summed E-state index contributed by atoms with van der Waals surface area (Å²) in [6.07, 6.45) is 12.9. The Morgan fingerprint density at radius 3 is 1.04 bits per heavy atom. The average Bonchev–Trinajstić information content (AvgIpc) is 2.53. The van der Waals surface area contributed by atoms with Crippen molar-refractivity contribution in [2.45, 2.75) is 64.2 Å². The summed E-state index contributed by atoms with van der Waals surface area (Å²) in [7, 11) is 8.44. The second-order valence-electron chi connectivity index (χ2n) is 7.37. The normalized spacial score (nSPS) is 11.8. The number of nitrogens with zero attached hydrogens (tertiary/aromatic N) is 2. The van der Waals surface area contributed by atoms with E-state index >= 15 is 0 Å².